The first-order valence-electron chi connectivity index (χ1n) is 5.12. The first-order chi connectivity index (χ1) is 6.50. The van der Waals surface area contributed by atoms with Gasteiger partial charge in [-0.05, 0) is 30.9 Å². The van der Waals surface area contributed by atoms with Gasteiger partial charge in [0, 0.05) is 11.7 Å². The third-order valence-electron chi connectivity index (χ3n) is 2.37. The smallest absolute Gasteiger partial charge is 0.0362 e. The van der Waals surface area contributed by atoms with Crippen LogP contribution in [0, 0.1) is 12.8 Å². The third-order valence-corrected chi connectivity index (χ3v) is 2.37. The van der Waals surface area contributed by atoms with Crippen molar-refractivity contribution in [3.8, 4) is 0 Å². The Hall–Kier alpha value is -1.02. The van der Waals surface area contributed by atoms with Crippen molar-refractivity contribution in [1.82, 2.24) is 0 Å². The van der Waals surface area contributed by atoms with Gasteiger partial charge in [-0.25, -0.2) is 0 Å². The van der Waals surface area contributed by atoms with Crippen LogP contribution in [-0.4, -0.2) is 0 Å². The lowest BCUT2D eigenvalue weighted by Gasteiger charge is -2.17. The minimum absolute atomic E-state index is 0.0647. The Bertz CT molecular complexity index is 305. The van der Waals surface area contributed by atoms with E-state index in [2.05, 4.69) is 26.8 Å². The molecule has 1 aromatic rings. The van der Waals surface area contributed by atoms with Crippen molar-refractivity contribution < 1.29 is 0 Å². The van der Waals surface area contributed by atoms with Gasteiger partial charge in [-0.2, -0.15) is 0 Å². The van der Waals surface area contributed by atoms with Crippen molar-refractivity contribution in [2.75, 3.05) is 5.73 Å². The van der Waals surface area contributed by atoms with Crippen LogP contribution in [0.5, 0.6) is 0 Å². The second kappa shape index (κ2) is 4.47. The average molecular weight is 192 g/mol. The van der Waals surface area contributed by atoms with Gasteiger partial charge in [-0.1, -0.05) is 31.5 Å². The molecule has 0 aliphatic rings. The van der Waals surface area contributed by atoms with Crippen molar-refractivity contribution >= 4 is 5.69 Å². The number of aryl methyl sites for hydroxylation is 1. The zero-order chi connectivity index (χ0) is 10.7. The van der Waals surface area contributed by atoms with Crippen LogP contribution in [0.25, 0.3) is 0 Å². The highest BCUT2D eigenvalue weighted by Gasteiger charge is 2.11. The second-order valence-corrected chi connectivity index (χ2v) is 4.37. The zero-order valence-electron chi connectivity index (χ0n) is 9.25. The molecular formula is C12H20N2. The number of anilines is 1. The molecule has 0 radical (unpaired) electrons. The molecule has 0 amide bonds. The first kappa shape index (κ1) is 11.1. The Balaban J connectivity index is 2.88. The van der Waals surface area contributed by atoms with Gasteiger partial charge < -0.3 is 11.5 Å². The van der Waals surface area contributed by atoms with Crippen LogP contribution in [0.2, 0.25) is 0 Å². The second-order valence-electron chi connectivity index (χ2n) is 4.37. The molecule has 0 saturated heterocycles. The van der Waals surface area contributed by atoms with E-state index in [9.17, 15) is 0 Å². The van der Waals surface area contributed by atoms with Crippen LogP contribution in [0.1, 0.15) is 37.4 Å². The molecule has 0 aliphatic heterocycles. The lowest BCUT2D eigenvalue weighted by Crippen LogP contribution is -2.14. The first-order valence-corrected chi connectivity index (χ1v) is 5.12. The lowest BCUT2D eigenvalue weighted by atomic mass is 9.95. The molecule has 0 spiro atoms. The fraction of sp³-hybridized carbons (Fsp3) is 0.500. The Labute approximate surface area is 86.3 Å². The largest absolute Gasteiger partial charge is 0.398 e. The lowest BCUT2D eigenvalue weighted by molar-refractivity contribution is 0.511. The SMILES string of the molecule is Cc1ccc(N)c(C(N)CC(C)C)c1. The third kappa shape index (κ3) is 2.74. The van der Waals surface area contributed by atoms with Crippen molar-refractivity contribution in [3.05, 3.63) is 29.3 Å². The highest BCUT2D eigenvalue weighted by molar-refractivity contribution is 5.50. The standard InChI is InChI=1S/C12H20N2/c1-8(2)6-12(14)10-7-9(3)4-5-11(10)13/h4-5,7-8,12H,6,13-14H2,1-3H3. The van der Waals surface area contributed by atoms with Crippen molar-refractivity contribution in [2.45, 2.75) is 33.2 Å². The van der Waals surface area contributed by atoms with E-state index >= 15 is 0 Å². The van der Waals surface area contributed by atoms with E-state index in [4.69, 9.17) is 11.5 Å². The topological polar surface area (TPSA) is 52.0 Å². The maximum absolute atomic E-state index is 6.09. The van der Waals surface area contributed by atoms with Gasteiger partial charge in [0.2, 0.25) is 0 Å². The van der Waals surface area contributed by atoms with E-state index in [1.54, 1.807) is 0 Å². The molecule has 2 nitrogen and oxygen atoms in total. The van der Waals surface area contributed by atoms with Gasteiger partial charge in [-0.3, -0.25) is 0 Å². The molecular weight excluding hydrogens is 172 g/mol. The van der Waals surface area contributed by atoms with Gasteiger partial charge in [0.25, 0.3) is 0 Å². The maximum Gasteiger partial charge on any atom is 0.0362 e. The molecule has 0 saturated carbocycles. The van der Waals surface area contributed by atoms with E-state index in [1.807, 2.05) is 12.1 Å². The van der Waals surface area contributed by atoms with Crippen LogP contribution >= 0.6 is 0 Å². The molecule has 1 atom stereocenters. The summed E-state index contributed by atoms with van der Waals surface area (Å²) in [5.74, 6) is 0.602. The quantitative estimate of drug-likeness (QED) is 0.723. The molecule has 1 unspecified atom stereocenters. The van der Waals surface area contributed by atoms with Gasteiger partial charge in [0.15, 0.2) is 0 Å². The highest BCUT2D eigenvalue weighted by atomic mass is 14.7. The van der Waals surface area contributed by atoms with Crippen LogP contribution in [-0.2, 0) is 0 Å². The molecule has 1 rings (SSSR count). The summed E-state index contributed by atoms with van der Waals surface area (Å²) < 4.78 is 0. The molecule has 0 aliphatic carbocycles. The molecule has 2 heteroatoms. The Morgan fingerprint density at radius 2 is 1.93 bits per heavy atom. The summed E-state index contributed by atoms with van der Waals surface area (Å²) in [7, 11) is 0. The fourth-order valence-electron chi connectivity index (χ4n) is 1.65. The predicted octanol–water partition coefficient (Wildman–Crippen LogP) is 2.62. The minimum atomic E-state index is 0.0647. The van der Waals surface area contributed by atoms with E-state index < -0.39 is 0 Å². The maximum atomic E-state index is 6.09. The average Bonchev–Trinajstić information content (AvgIpc) is 2.08. The number of nitrogen functional groups attached to an aromatic ring is 1. The van der Waals surface area contributed by atoms with Crippen molar-refractivity contribution in [1.29, 1.82) is 0 Å². The summed E-state index contributed by atoms with van der Waals surface area (Å²) in [5, 5.41) is 0. The molecule has 0 bridgehead atoms. The molecule has 1 aromatic carbocycles. The fourth-order valence-corrected chi connectivity index (χ4v) is 1.65. The van der Waals surface area contributed by atoms with Gasteiger partial charge in [0.1, 0.15) is 0 Å². The monoisotopic (exact) mass is 192 g/mol. The summed E-state index contributed by atoms with van der Waals surface area (Å²) in [5.41, 5.74) is 15.1. The van der Waals surface area contributed by atoms with Crippen molar-refractivity contribution in [2.24, 2.45) is 11.7 Å². The number of benzene rings is 1. The number of hydrogen-bond donors (Lipinski definition) is 2. The van der Waals surface area contributed by atoms with Gasteiger partial charge in [0.05, 0.1) is 0 Å². The zero-order valence-corrected chi connectivity index (χ0v) is 9.25. The van der Waals surface area contributed by atoms with E-state index in [0.29, 0.717) is 5.92 Å². The van der Waals surface area contributed by atoms with E-state index in [0.717, 1.165) is 17.7 Å². The molecule has 0 fully saturated rings. The van der Waals surface area contributed by atoms with Crippen LogP contribution < -0.4 is 11.5 Å². The molecule has 78 valence electrons. The molecule has 0 heterocycles. The Morgan fingerprint density at radius 1 is 1.29 bits per heavy atom. The Morgan fingerprint density at radius 3 is 2.50 bits per heavy atom. The number of rotatable bonds is 3. The number of hydrogen-bond acceptors (Lipinski definition) is 2. The van der Waals surface area contributed by atoms with Crippen molar-refractivity contribution in [3.63, 3.8) is 0 Å². The molecule has 14 heavy (non-hydrogen) atoms. The van der Waals surface area contributed by atoms with Gasteiger partial charge >= 0.3 is 0 Å². The van der Waals surface area contributed by atoms with Gasteiger partial charge in [-0.15, -0.1) is 0 Å². The normalized spacial score (nSPS) is 13.2. The highest BCUT2D eigenvalue weighted by Crippen LogP contribution is 2.24. The molecule has 4 N–H and O–H groups in total. The van der Waals surface area contributed by atoms with Crippen LogP contribution in [0.3, 0.4) is 0 Å². The summed E-state index contributed by atoms with van der Waals surface area (Å²) in [6.07, 6.45) is 0.980. The summed E-state index contributed by atoms with van der Waals surface area (Å²) in [4.78, 5) is 0. The Kier molecular flexibility index (Phi) is 3.53. The summed E-state index contributed by atoms with van der Waals surface area (Å²) >= 11 is 0. The van der Waals surface area contributed by atoms with E-state index in [1.165, 1.54) is 5.56 Å². The number of nitrogens with two attached hydrogens (primary N) is 2. The summed E-state index contributed by atoms with van der Waals surface area (Å²) in [6, 6.07) is 6.10. The molecule has 0 aromatic heterocycles. The minimum Gasteiger partial charge on any atom is -0.398 e. The van der Waals surface area contributed by atoms with Crippen LogP contribution in [0.15, 0.2) is 18.2 Å². The predicted molar refractivity (Wildman–Crippen MR) is 62.0 cm³/mol. The van der Waals surface area contributed by atoms with E-state index in [-0.39, 0.29) is 6.04 Å². The summed E-state index contributed by atoms with van der Waals surface area (Å²) in [6.45, 7) is 6.41. The van der Waals surface area contributed by atoms with Crippen LogP contribution in [0.4, 0.5) is 5.69 Å².